The minimum atomic E-state index is -3.81. The Morgan fingerprint density at radius 1 is 0.649 bits per heavy atom. The normalized spacial score (nSPS) is 20.2. The molecule has 420 valence electrons. The Morgan fingerprint density at radius 2 is 1.04 bits per heavy atom. The fourth-order valence-corrected chi connectivity index (χ4v) is 14.6. The van der Waals surface area contributed by atoms with E-state index in [0.29, 0.717) is 35.5 Å². The number of hydrazine groups is 2. The zero-order chi connectivity index (χ0) is 57.1. The van der Waals surface area contributed by atoms with Gasteiger partial charge in [0.2, 0.25) is 5.91 Å². The van der Waals surface area contributed by atoms with E-state index in [1.54, 1.807) is 60.7 Å². The van der Waals surface area contributed by atoms with E-state index in [1.807, 2.05) is 13.8 Å². The number of nitrogens with zero attached hydrogens (tertiary/aromatic N) is 6. The number of carboxylic acid groups (broad SMARTS) is 1. The first-order valence-electron chi connectivity index (χ1n) is 26.3. The number of aryl methyl sites for hydroxylation is 2. The number of carbonyl (C=O) groups is 2. The Bertz CT molecular complexity index is 3250. The van der Waals surface area contributed by atoms with Crippen molar-refractivity contribution in [2.75, 3.05) is 10.9 Å². The number of hydrogen-bond acceptors (Lipinski definition) is 15. The number of nitrogen functional groups attached to an aromatic ring is 1. The summed E-state index contributed by atoms with van der Waals surface area (Å²) >= 11 is 0. The van der Waals surface area contributed by atoms with Crippen LogP contribution in [0.15, 0.2) is 95.2 Å². The van der Waals surface area contributed by atoms with Gasteiger partial charge < -0.3 is 19.4 Å². The molecule has 6 N–H and O–H groups in total. The molecule has 4 heterocycles. The van der Waals surface area contributed by atoms with Crippen LogP contribution >= 0.6 is 0 Å². The maximum atomic E-state index is 13.1. The number of anilines is 2. The molecule has 4 aromatic heterocycles. The molecule has 19 nitrogen and oxygen atoms in total. The van der Waals surface area contributed by atoms with Gasteiger partial charge in [0.05, 0.1) is 28.1 Å². The molecule has 6 atom stereocenters. The van der Waals surface area contributed by atoms with Gasteiger partial charge in [0.25, 0.3) is 20.0 Å². The summed E-state index contributed by atoms with van der Waals surface area (Å²) < 4.78 is 66.7. The third-order valence-electron chi connectivity index (χ3n) is 15.9. The summed E-state index contributed by atoms with van der Waals surface area (Å²) in [6.07, 6.45) is 10.9. The Labute approximate surface area is 456 Å². The molecule has 77 heavy (non-hydrogen) atoms. The molecule has 0 aliphatic heterocycles. The van der Waals surface area contributed by atoms with Crippen molar-refractivity contribution in [3.05, 3.63) is 96.6 Å². The molecule has 6 unspecified atom stereocenters. The van der Waals surface area contributed by atoms with E-state index in [-0.39, 0.29) is 72.9 Å². The average molecular weight is 1130 g/mol. The lowest BCUT2D eigenvalue weighted by molar-refractivity contribution is -0.143. The first-order chi connectivity index (χ1) is 35.8. The van der Waals surface area contributed by atoms with E-state index in [9.17, 15) is 31.5 Å². The Morgan fingerprint density at radius 3 is 1.42 bits per heavy atom. The second-order valence-corrected chi connectivity index (χ2v) is 36.5. The zero-order valence-electron chi connectivity index (χ0n) is 47.1. The monoisotopic (exact) mass is 1130 g/mol. The van der Waals surface area contributed by atoms with E-state index in [4.69, 9.17) is 14.7 Å². The quantitative estimate of drug-likeness (QED) is 0.0364. The smallest absolute Gasteiger partial charge is 0.306 e. The summed E-state index contributed by atoms with van der Waals surface area (Å²) in [4.78, 5) is 41.8. The van der Waals surface area contributed by atoms with Crippen LogP contribution in [0.5, 0.6) is 0 Å². The number of nitrogens with one attached hydrogen (secondary N) is 3. The predicted molar refractivity (Wildman–Crippen MR) is 307 cm³/mol. The highest BCUT2D eigenvalue weighted by molar-refractivity contribution is 7.90. The van der Waals surface area contributed by atoms with E-state index in [1.165, 1.54) is 24.8 Å². The number of amides is 1. The van der Waals surface area contributed by atoms with Crippen molar-refractivity contribution in [1.29, 1.82) is 0 Å². The van der Waals surface area contributed by atoms with Crippen LogP contribution < -0.4 is 22.1 Å². The van der Waals surface area contributed by atoms with Gasteiger partial charge in [0, 0.05) is 30.5 Å². The molecule has 23 heteroatoms. The summed E-state index contributed by atoms with van der Waals surface area (Å²) in [6.45, 7) is 30.3. The summed E-state index contributed by atoms with van der Waals surface area (Å²) in [6, 6.07) is 16.5. The van der Waals surface area contributed by atoms with Crippen LogP contribution in [-0.4, -0.2) is 90.5 Å². The van der Waals surface area contributed by atoms with Crippen molar-refractivity contribution in [1.82, 2.24) is 33.3 Å². The van der Waals surface area contributed by atoms with Crippen LogP contribution in [0.2, 0.25) is 36.3 Å². The highest BCUT2D eigenvalue weighted by Gasteiger charge is 2.46. The second kappa shape index (κ2) is 23.8. The van der Waals surface area contributed by atoms with Crippen LogP contribution in [0.4, 0.5) is 11.6 Å². The summed E-state index contributed by atoms with van der Waals surface area (Å²) in [5.41, 5.74) is 11.3. The van der Waals surface area contributed by atoms with E-state index < -0.39 is 42.7 Å². The minimum Gasteiger partial charge on any atom is -0.481 e. The lowest BCUT2D eigenvalue weighted by Crippen LogP contribution is -2.43. The molecule has 0 spiro atoms. The first-order valence-corrected chi connectivity index (χ1v) is 35.0. The highest BCUT2D eigenvalue weighted by atomic mass is 32.2. The van der Waals surface area contributed by atoms with Crippen LogP contribution in [0.1, 0.15) is 105 Å². The van der Waals surface area contributed by atoms with E-state index in [2.05, 4.69) is 118 Å². The van der Waals surface area contributed by atoms with Gasteiger partial charge in [-0.15, -0.1) is 0 Å². The molecule has 2 saturated carbocycles. The maximum absolute atomic E-state index is 13.1. The van der Waals surface area contributed by atoms with Gasteiger partial charge in [-0.25, -0.2) is 50.6 Å². The summed E-state index contributed by atoms with van der Waals surface area (Å²) in [7, 11) is -11.2. The van der Waals surface area contributed by atoms with E-state index in [0.717, 1.165) is 44.8 Å². The highest BCUT2D eigenvalue weighted by Crippen LogP contribution is 2.44. The van der Waals surface area contributed by atoms with Gasteiger partial charge in [0.15, 0.2) is 39.6 Å². The number of rotatable bonds is 15. The molecule has 6 aromatic rings. The number of carbonyl (C=O) groups excluding carboxylic acids is 1. The van der Waals surface area contributed by atoms with Crippen molar-refractivity contribution >= 4 is 82.5 Å². The fraction of sp³-hybridized carbons (Fsp3) is 0.519. The Balaban J connectivity index is 0.000000207. The Kier molecular flexibility index (Phi) is 18.8. The van der Waals surface area contributed by atoms with Crippen LogP contribution in [0, 0.1) is 37.5 Å². The van der Waals surface area contributed by atoms with Gasteiger partial charge >= 0.3 is 5.97 Å². The number of fused-ring (bicyclic) bond motifs is 2. The molecule has 2 aliphatic rings. The lowest BCUT2D eigenvalue weighted by atomic mass is 9.93. The molecule has 0 saturated heterocycles. The van der Waals surface area contributed by atoms with Gasteiger partial charge in [-0.2, -0.15) is 0 Å². The van der Waals surface area contributed by atoms with Gasteiger partial charge in [-0.1, -0.05) is 104 Å². The second-order valence-electron chi connectivity index (χ2n) is 23.4. The topological polar surface area (TPSA) is 265 Å². The van der Waals surface area contributed by atoms with Crippen molar-refractivity contribution < 1.29 is 40.4 Å². The largest absolute Gasteiger partial charge is 0.481 e. The SMILES string of the molecule is CCC1CC(O[Si](C)(C)C(C)(C)C)CC1C(=O)NNc1cnc2c(ccn2S(=O)(=O)c2ccc(C)cc2)n1.CCC1CC(O[Si](C)(C)C(C)(C)C)CC1C(=O)O.Cc1ccc(S(=O)(=O)n2ccc3nc(NN)cnc32)cc1. The van der Waals surface area contributed by atoms with Gasteiger partial charge in [-0.3, -0.25) is 20.4 Å². The van der Waals surface area contributed by atoms with Gasteiger partial charge in [-0.05, 0) is 124 Å². The van der Waals surface area contributed by atoms with Crippen molar-refractivity contribution in [3.8, 4) is 0 Å². The molecule has 2 fully saturated rings. The lowest BCUT2D eigenvalue weighted by Gasteiger charge is -2.38. The average Bonchev–Trinajstić information content (AvgIpc) is 4.18. The first kappa shape index (κ1) is 60.7. The number of nitrogens with two attached hydrogens (primary N) is 1. The van der Waals surface area contributed by atoms with Crippen LogP contribution in [0.3, 0.4) is 0 Å². The molecule has 0 bridgehead atoms. The molecular formula is C54H80N10O9S2Si2. The molecule has 0 radical (unpaired) electrons. The number of aromatic nitrogens is 6. The fourth-order valence-electron chi connectivity index (χ4n) is 9.21. The number of benzene rings is 2. The molecule has 2 aromatic carbocycles. The third kappa shape index (κ3) is 14.0. The third-order valence-corrected chi connectivity index (χ3v) is 28.3. The molecule has 1 amide bonds. The Hall–Kier alpha value is -5.57. The number of carboxylic acids is 1. The van der Waals surface area contributed by atoms with Crippen molar-refractivity contribution in [2.45, 2.75) is 166 Å². The minimum absolute atomic E-state index is 0.0861. The molecule has 2 aliphatic carbocycles. The zero-order valence-corrected chi connectivity index (χ0v) is 50.7. The molecule has 8 rings (SSSR count). The van der Waals surface area contributed by atoms with Crippen molar-refractivity contribution in [2.24, 2.45) is 29.5 Å². The van der Waals surface area contributed by atoms with Crippen LogP contribution in [-0.2, 0) is 38.5 Å². The molecular weight excluding hydrogens is 1050 g/mol. The maximum Gasteiger partial charge on any atom is 0.306 e. The van der Waals surface area contributed by atoms with Crippen LogP contribution in [0.25, 0.3) is 22.3 Å². The number of aliphatic carboxylic acids is 1. The summed E-state index contributed by atoms with van der Waals surface area (Å²) in [5.74, 6) is 5.40. The van der Waals surface area contributed by atoms with Crippen molar-refractivity contribution in [3.63, 3.8) is 0 Å². The number of hydrogen-bond donors (Lipinski definition) is 5. The van der Waals surface area contributed by atoms with Gasteiger partial charge in [0.1, 0.15) is 11.0 Å². The van der Waals surface area contributed by atoms with E-state index >= 15 is 0 Å². The summed E-state index contributed by atoms with van der Waals surface area (Å²) in [5, 5.41) is 9.55. The predicted octanol–water partition coefficient (Wildman–Crippen LogP) is 10.4. The standard InChI is InChI=1S/C27H39N5O4SSi.C14H28O3Si.C13H13N5O2S/c1-8-19-15-20(36-38(6,7)27(3,4)5)16-22(19)26(33)31-30-24-17-28-25-23(29-24)13-14-32(25)37(34,35)21-11-9-18(2)10-12-21;1-7-10-8-11(9-12(10)13(15)16)17-18(5,6)14(2,3)4;1-9-2-4-10(5-3-9)21(19,20)18-7-6-11-13(18)15-8-12(16-11)17-14/h9-14,17,19-20,22H,8,15-16H2,1-7H3,(H,29,30)(H,31,33);10-12H,7-9H2,1-6H3,(H,15,16);2-8H,14H2,1H3,(H,16,17).